The van der Waals surface area contributed by atoms with Gasteiger partial charge in [0.05, 0.1) is 6.54 Å². The molecule has 0 aromatic carbocycles. The van der Waals surface area contributed by atoms with Crippen molar-refractivity contribution in [3.8, 4) is 0 Å². The number of rotatable bonds is 4. The zero-order valence-electron chi connectivity index (χ0n) is 10.1. The zero-order valence-corrected chi connectivity index (χ0v) is 10.1. The van der Waals surface area contributed by atoms with E-state index in [1.807, 2.05) is 6.07 Å². The molecule has 0 atom stereocenters. The van der Waals surface area contributed by atoms with Gasteiger partial charge in [0.15, 0.2) is 5.82 Å². The zero-order chi connectivity index (χ0) is 12.3. The number of aryl methyl sites for hydroxylation is 1. The quantitative estimate of drug-likeness (QED) is 0.869. The van der Waals surface area contributed by atoms with Crippen LogP contribution in [0.5, 0.6) is 0 Å². The molecule has 6 heteroatoms. The maximum Gasteiger partial charge on any atom is 0.245 e. The molecule has 6 nitrogen and oxygen atoms in total. The summed E-state index contributed by atoms with van der Waals surface area (Å²) in [5.41, 5.74) is 1.00. The third kappa shape index (κ3) is 2.99. The highest BCUT2D eigenvalue weighted by Gasteiger charge is 2.05. The molecule has 2 heterocycles. The highest BCUT2D eigenvalue weighted by molar-refractivity contribution is 5.35. The average molecular weight is 233 g/mol. The SMILES string of the molecule is Cc1noc(CNc2cc(C(C)C)ncn2)n1. The average Bonchev–Trinajstić information content (AvgIpc) is 2.73. The van der Waals surface area contributed by atoms with Gasteiger partial charge in [-0.2, -0.15) is 4.98 Å². The minimum atomic E-state index is 0.379. The molecule has 0 amide bonds. The van der Waals surface area contributed by atoms with E-state index in [4.69, 9.17) is 4.52 Å². The van der Waals surface area contributed by atoms with Crippen LogP contribution in [0.1, 0.15) is 37.2 Å². The predicted octanol–water partition coefficient (Wildman–Crippen LogP) is 1.90. The standard InChI is InChI=1S/C11H15N5O/c1-7(2)9-4-10(14-6-13-9)12-5-11-15-8(3)16-17-11/h4,6-7H,5H2,1-3H3,(H,12,13,14). The molecule has 0 spiro atoms. The van der Waals surface area contributed by atoms with Crippen molar-refractivity contribution in [3.05, 3.63) is 29.8 Å². The normalized spacial score (nSPS) is 10.8. The van der Waals surface area contributed by atoms with Crippen LogP contribution in [0.15, 0.2) is 16.9 Å². The Labute approximate surface area is 99.5 Å². The molecule has 0 saturated carbocycles. The second-order valence-electron chi connectivity index (χ2n) is 4.07. The van der Waals surface area contributed by atoms with Crippen LogP contribution in [0, 0.1) is 6.92 Å². The lowest BCUT2D eigenvalue weighted by molar-refractivity contribution is 0.379. The molecule has 2 aromatic rings. The van der Waals surface area contributed by atoms with Gasteiger partial charge in [0, 0.05) is 11.8 Å². The number of nitrogens with zero attached hydrogens (tertiary/aromatic N) is 4. The first-order chi connectivity index (χ1) is 8.15. The van der Waals surface area contributed by atoms with Crippen molar-refractivity contribution >= 4 is 5.82 Å². The Hall–Kier alpha value is -1.98. The Kier molecular flexibility index (Phi) is 3.32. The minimum absolute atomic E-state index is 0.379. The second kappa shape index (κ2) is 4.90. The van der Waals surface area contributed by atoms with E-state index in [1.165, 1.54) is 0 Å². The van der Waals surface area contributed by atoms with Crippen LogP contribution in [0.4, 0.5) is 5.82 Å². The van der Waals surface area contributed by atoms with E-state index in [2.05, 4.69) is 39.3 Å². The molecule has 0 aliphatic rings. The van der Waals surface area contributed by atoms with Crippen molar-refractivity contribution in [2.75, 3.05) is 5.32 Å². The Morgan fingerprint density at radius 2 is 2.18 bits per heavy atom. The van der Waals surface area contributed by atoms with Crippen molar-refractivity contribution in [2.24, 2.45) is 0 Å². The van der Waals surface area contributed by atoms with Gasteiger partial charge in [-0.15, -0.1) is 0 Å². The number of hydrogen-bond acceptors (Lipinski definition) is 6. The summed E-state index contributed by atoms with van der Waals surface area (Å²) in [7, 11) is 0. The Morgan fingerprint density at radius 1 is 1.35 bits per heavy atom. The topological polar surface area (TPSA) is 76.7 Å². The Morgan fingerprint density at radius 3 is 2.82 bits per heavy atom. The maximum atomic E-state index is 5.00. The molecule has 2 aromatic heterocycles. The lowest BCUT2D eigenvalue weighted by atomic mass is 10.1. The number of hydrogen-bond donors (Lipinski definition) is 1. The van der Waals surface area contributed by atoms with Crippen molar-refractivity contribution in [1.29, 1.82) is 0 Å². The summed E-state index contributed by atoms with van der Waals surface area (Å²) < 4.78 is 5.00. The predicted molar refractivity (Wildman–Crippen MR) is 62.5 cm³/mol. The molecule has 0 aliphatic carbocycles. The Balaban J connectivity index is 2.01. The van der Waals surface area contributed by atoms with Crippen molar-refractivity contribution in [3.63, 3.8) is 0 Å². The van der Waals surface area contributed by atoms with Crippen LogP contribution >= 0.6 is 0 Å². The van der Waals surface area contributed by atoms with E-state index in [-0.39, 0.29) is 0 Å². The first-order valence-electron chi connectivity index (χ1n) is 5.50. The summed E-state index contributed by atoms with van der Waals surface area (Å²) in [6.45, 7) is 6.44. The minimum Gasteiger partial charge on any atom is -0.361 e. The van der Waals surface area contributed by atoms with Gasteiger partial charge in [0.2, 0.25) is 5.89 Å². The third-order valence-electron chi connectivity index (χ3n) is 2.27. The molecule has 90 valence electrons. The molecule has 17 heavy (non-hydrogen) atoms. The fourth-order valence-electron chi connectivity index (χ4n) is 1.36. The van der Waals surface area contributed by atoms with Gasteiger partial charge >= 0.3 is 0 Å². The summed E-state index contributed by atoms with van der Waals surface area (Å²) in [6.07, 6.45) is 1.55. The first-order valence-corrected chi connectivity index (χ1v) is 5.50. The highest BCUT2D eigenvalue weighted by atomic mass is 16.5. The molecule has 0 fully saturated rings. The number of anilines is 1. The molecule has 2 rings (SSSR count). The molecule has 0 saturated heterocycles. The van der Waals surface area contributed by atoms with Crippen LogP contribution < -0.4 is 5.32 Å². The summed E-state index contributed by atoms with van der Waals surface area (Å²) >= 11 is 0. The molecular formula is C11H15N5O. The van der Waals surface area contributed by atoms with Crippen LogP contribution in [0.3, 0.4) is 0 Å². The van der Waals surface area contributed by atoms with Gasteiger partial charge in [0.1, 0.15) is 12.1 Å². The summed E-state index contributed by atoms with van der Waals surface area (Å²) in [5.74, 6) is 2.32. The van der Waals surface area contributed by atoms with Gasteiger partial charge in [-0.05, 0) is 12.8 Å². The third-order valence-corrected chi connectivity index (χ3v) is 2.27. The van der Waals surface area contributed by atoms with Crippen molar-refractivity contribution in [2.45, 2.75) is 33.2 Å². The largest absolute Gasteiger partial charge is 0.361 e. The monoisotopic (exact) mass is 233 g/mol. The molecule has 0 aliphatic heterocycles. The molecule has 0 unspecified atom stereocenters. The van der Waals surface area contributed by atoms with Gasteiger partial charge in [-0.3, -0.25) is 0 Å². The Bertz CT molecular complexity index is 494. The van der Waals surface area contributed by atoms with Crippen LogP contribution in [0.2, 0.25) is 0 Å². The summed E-state index contributed by atoms with van der Waals surface area (Å²) in [4.78, 5) is 12.4. The fourth-order valence-corrected chi connectivity index (χ4v) is 1.36. The van der Waals surface area contributed by atoms with E-state index < -0.39 is 0 Å². The summed E-state index contributed by atoms with van der Waals surface area (Å²) in [6, 6.07) is 1.92. The van der Waals surface area contributed by atoms with E-state index in [0.29, 0.717) is 24.2 Å². The van der Waals surface area contributed by atoms with Crippen LogP contribution in [-0.2, 0) is 6.54 Å². The lowest BCUT2D eigenvalue weighted by Crippen LogP contribution is -2.03. The summed E-state index contributed by atoms with van der Waals surface area (Å²) in [5, 5.41) is 6.84. The first kappa shape index (κ1) is 11.5. The van der Waals surface area contributed by atoms with Gasteiger partial charge < -0.3 is 9.84 Å². The number of aromatic nitrogens is 4. The number of nitrogens with one attached hydrogen (secondary N) is 1. The highest BCUT2D eigenvalue weighted by Crippen LogP contribution is 2.13. The molecule has 1 N–H and O–H groups in total. The second-order valence-corrected chi connectivity index (χ2v) is 4.07. The molecule has 0 radical (unpaired) electrons. The van der Waals surface area contributed by atoms with E-state index in [9.17, 15) is 0 Å². The molecule has 0 bridgehead atoms. The van der Waals surface area contributed by atoms with E-state index in [0.717, 1.165) is 11.5 Å². The smallest absolute Gasteiger partial charge is 0.245 e. The van der Waals surface area contributed by atoms with Gasteiger partial charge in [-0.25, -0.2) is 9.97 Å². The van der Waals surface area contributed by atoms with Crippen molar-refractivity contribution < 1.29 is 4.52 Å². The van der Waals surface area contributed by atoms with Gasteiger partial charge in [-0.1, -0.05) is 19.0 Å². The molecular weight excluding hydrogens is 218 g/mol. The van der Waals surface area contributed by atoms with E-state index in [1.54, 1.807) is 13.3 Å². The van der Waals surface area contributed by atoms with Crippen molar-refractivity contribution in [1.82, 2.24) is 20.1 Å². The van der Waals surface area contributed by atoms with Crippen LogP contribution in [-0.4, -0.2) is 20.1 Å². The van der Waals surface area contributed by atoms with Crippen LogP contribution in [0.25, 0.3) is 0 Å². The lowest BCUT2D eigenvalue weighted by Gasteiger charge is -2.06. The van der Waals surface area contributed by atoms with E-state index >= 15 is 0 Å². The van der Waals surface area contributed by atoms with Gasteiger partial charge in [0.25, 0.3) is 0 Å². The fraction of sp³-hybridized carbons (Fsp3) is 0.455. The maximum absolute atomic E-state index is 5.00.